The monoisotopic (exact) mass is 397 g/mol. The van der Waals surface area contributed by atoms with Crippen molar-refractivity contribution in [1.29, 1.82) is 0 Å². The van der Waals surface area contributed by atoms with Crippen LogP contribution in [0.5, 0.6) is 5.75 Å². The summed E-state index contributed by atoms with van der Waals surface area (Å²) in [5.41, 5.74) is 5.70. The Morgan fingerprint density at radius 1 is 1.42 bits per heavy atom. The van der Waals surface area contributed by atoms with Gasteiger partial charge in [-0.1, -0.05) is 17.7 Å². The molecule has 0 amide bonds. The van der Waals surface area contributed by atoms with Crippen LogP contribution in [-0.2, 0) is 0 Å². The third-order valence-electron chi connectivity index (χ3n) is 2.09. The van der Waals surface area contributed by atoms with Crippen molar-refractivity contribution in [2.75, 3.05) is 6.54 Å². The van der Waals surface area contributed by atoms with Gasteiger partial charge in [0.15, 0.2) is 5.96 Å². The maximum Gasteiger partial charge on any atom is 0.188 e. The highest BCUT2D eigenvalue weighted by Gasteiger charge is 2.04. The number of hydrogen-bond acceptors (Lipinski definition) is 2. The van der Waals surface area contributed by atoms with Crippen molar-refractivity contribution in [2.45, 2.75) is 32.9 Å². The summed E-state index contributed by atoms with van der Waals surface area (Å²) in [6.07, 6.45) is -0.0593. The number of hydrogen-bond donors (Lipinski definition) is 2. The zero-order valence-corrected chi connectivity index (χ0v) is 14.5. The van der Waals surface area contributed by atoms with E-state index < -0.39 is 0 Å². The molecule has 0 fully saturated rings. The van der Waals surface area contributed by atoms with Crippen molar-refractivity contribution in [3.63, 3.8) is 0 Å². The fourth-order valence-electron chi connectivity index (χ4n) is 1.38. The molecule has 19 heavy (non-hydrogen) atoms. The minimum Gasteiger partial charge on any atom is -0.489 e. The molecule has 0 aliphatic rings. The van der Waals surface area contributed by atoms with Crippen molar-refractivity contribution < 1.29 is 4.74 Å². The van der Waals surface area contributed by atoms with Gasteiger partial charge in [0, 0.05) is 11.1 Å². The topological polar surface area (TPSA) is 59.6 Å². The van der Waals surface area contributed by atoms with Gasteiger partial charge in [0.25, 0.3) is 0 Å². The van der Waals surface area contributed by atoms with Gasteiger partial charge in [-0.05, 0) is 39.0 Å². The summed E-state index contributed by atoms with van der Waals surface area (Å²) in [6, 6.07) is 7.57. The fraction of sp³-hybridized carbons (Fsp3) is 0.462. The predicted octanol–water partition coefficient (Wildman–Crippen LogP) is 3.04. The summed E-state index contributed by atoms with van der Waals surface area (Å²) in [5.74, 6) is 1.17. The number of nitrogens with zero attached hydrogens (tertiary/aromatic N) is 1. The zero-order chi connectivity index (χ0) is 13.5. The molecule has 0 saturated heterocycles. The normalized spacial score (nSPS) is 12.8. The molecule has 1 aromatic carbocycles. The predicted molar refractivity (Wildman–Crippen MR) is 91.7 cm³/mol. The van der Waals surface area contributed by atoms with E-state index in [-0.39, 0.29) is 36.1 Å². The lowest BCUT2D eigenvalue weighted by molar-refractivity contribution is 0.230. The molecular weight excluding hydrogens is 377 g/mol. The first kappa shape index (κ1) is 18.3. The van der Waals surface area contributed by atoms with E-state index in [2.05, 4.69) is 10.3 Å². The molecule has 1 rings (SSSR count). The fourth-order valence-corrected chi connectivity index (χ4v) is 1.56. The molecule has 0 aliphatic heterocycles. The van der Waals surface area contributed by atoms with E-state index in [4.69, 9.17) is 22.1 Å². The van der Waals surface area contributed by atoms with Crippen LogP contribution in [0.4, 0.5) is 0 Å². The number of nitrogens with two attached hydrogens (primary N) is 1. The van der Waals surface area contributed by atoms with Gasteiger partial charge in [-0.3, -0.25) is 0 Å². The maximum atomic E-state index is 5.88. The van der Waals surface area contributed by atoms with Crippen molar-refractivity contribution in [2.24, 2.45) is 10.7 Å². The minimum atomic E-state index is -0.0593. The molecule has 0 bridgehead atoms. The van der Waals surface area contributed by atoms with E-state index in [0.717, 1.165) is 5.75 Å². The SMILES string of the molecule is CC(C)NC(N)=NCC(C)Oc1cccc(Cl)c1.I. The molecule has 6 heteroatoms. The van der Waals surface area contributed by atoms with Gasteiger partial charge in [-0.15, -0.1) is 24.0 Å². The molecular formula is C13H21ClIN3O. The highest BCUT2D eigenvalue weighted by molar-refractivity contribution is 14.0. The largest absolute Gasteiger partial charge is 0.489 e. The van der Waals surface area contributed by atoms with Gasteiger partial charge in [-0.25, -0.2) is 4.99 Å². The first-order valence-corrected chi connectivity index (χ1v) is 6.34. The second-order valence-electron chi connectivity index (χ2n) is 4.41. The minimum absolute atomic E-state index is 0. The summed E-state index contributed by atoms with van der Waals surface area (Å²) in [6.45, 7) is 6.45. The van der Waals surface area contributed by atoms with Crippen molar-refractivity contribution in [3.8, 4) is 5.75 Å². The number of benzene rings is 1. The van der Waals surface area contributed by atoms with Crippen molar-refractivity contribution in [1.82, 2.24) is 5.32 Å². The van der Waals surface area contributed by atoms with Gasteiger partial charge < -0.3 is 15.8 Å². The molecule has 0 saturated carbocycles. The molecule has 1 atom stereocenters. The van der Waals surface area contributed by atoms with Crippen LogP contribution >= 0.6 is 35.6 Å². The maximum absolute atomic E-state index is 5.88. The van der Waals surface area contributed by atoms with Crippen LogP contribution < -0.4 is 15.8 Å². The van der Waals surface area contributed by atoms with Crippen LogP contribution in [-0.4, -0.2) is 24.7 Å². The average molecular weight is 398 g/mol. The van der Waals surface area contributed by atoms with Crippen LogP contribution in [0.3, 0.4) is 0 Å². The summed E-state index contributed by atoms with van der Waals surface area (Å²) in [5, 5.41) is 3.68. The lowest BCUT2D eigenvalue weighted by Gasteiger charge is -2.14. The molecule has 0 heterocycles. The second-order valence-corrected chi connectivity index (χ2v) is 4.85. The molecule has 1 aromatic rings. The van der Waals surface area contributed by atoms with E-state index in [1.54, 1.807) is 6.07 Å². The Kier molecular flexibility index (Phi) is 8.92. The third kappa shape index (κ3) is 8.15. The van der Waals surface area contributed by atoms with Crippen LogP contribution in [0.1, 0.15) is 20.8 Å². The first-order valence-electron chi connectivity index (χ1n) is 5.96. The van der Waals surface area contributed by atoms with Crippen molar-refractivity contribution in [3.05, 3.63) is 29.3 Å². The highest BCUT2D eigenvalue weighted by Crippen LogP contribution is 2.18. The van der Waals surface area contributed by atoms with Gasteiger partial charge in [-0.2, -0.15) is 0 Å². The smallest absolute Gasteiger partial charge is 0.188 e. The number of rotatable bonds is 5. The van der Waals surface area contributed by atoms with Crippen LogP contribution in [0.2, 0.25) is 5.02 Å². The summed E-state index contributed by atoms with van der Waals surface area (Å²) >= 11 is 5.88. The van der Waals surface area contributed by atoms with Crippen LogP contribution in [0.25, 0.3) is 0 Å². The van der Waals surface area contributed by atoms with E-state index in [0.29, 0.717) is 17.5 Å². The summed E-state index contributed by atoms with van der Waals surface area (Å²) in [4.78, 5) is 4.21. The van der Waals surface area contributed by atoms with E-state index in [1.807, 2.05) is 39.0 Å². The zero-order valence-electron chi connectivity index (χ0n) is 11.4. The Balaban J connectivity index is 0.00000324. The Hall–Kier alpha value is -0.690. The quantitative estimate of drug-likeness (QED) is 0.456. The molecule has 108 valence electrons. The van der Waals surface area contributed by atoms with Crippen LogP contribution in [0, 0.1) is 0 Å². The number of guanidine groups is 1. The summed E-state index contributed by atoms with van der Waals surface area (Å²) in [7, 11) is 0. The van der Waals surface area contributed by atoms with Gasteiger partial charge >= 0.3 is 0 Å². The number of ether oxygens (including phenoxy) is 1. The standard InChI is InChI=1S/C13H20ClN3O.HI/c1-9(2)17-13(15)16-8-10(3)18-12-6-4-5-11(14)7-12;/h4-7,9-10H,8H2,1-3H3,(H3,15,16,17);1H. The van der Waals surface area contributed by atoms with Gasteiger partial charge in [0.05, 0.1) is 6.54 Å². The van der Waals surface area contributed by atoms with Gasteiger partial charge in [0.2, 0.25) is 0 Å². The summed E-state index contributed by atoms with van der Waals surface area (Å²) < 4.78 is 5.68. The Labute approximate surface area is 136 Å². The average Bonchev–Trinajstić information content (AvgIpc) is 2.25. The molecule has 1 unspecified atom stereocenters. The number of halogens is 2. The van der Waals surface area contributed by atoms with Gasteiger partial charge in [0.1, 0.15) is 11.9 Å². The first-order chi connectivity index (χ1) is 8.47. The molecule has 0 aliphatic carbocycles. The molecule has 3 N–H and O–H groups in total. The Morgan fingerprint density at radius 3 is 2.68 bits per heavy atom. The Bertz CT molecular complexity index is 413. The lowest BCUT2D eigenvalue weighted by atomic mass is 10.3. The van der Waals surface area contributed by atoms with Crippen LogP contribution in [0.15, 0.2) is 29.3 Å². The molecule has 0 radical (unpaired) electrons. The van der Waals surface area contributed by atoms with Crippen molar-refractivity contribution >= 4 is 41.5 Å². The van der Waals surface area contributed by atoms with E-state index in [9.17, 15) is 0 Å². The lowest BCUT2D eigenvalue weighted by Crippen LogP contribution is -2.37. The number of nitrogens with one attached hydrogen (secondary N) is 1. The Morgan fingerprint density at radius 2 is 2.11 bits per heavy atom. The van der Waals surface area contributed by atoms with E-state index >= 15 is 0 Å². The van der Waals surface area contributed by atoms with E-state index in [1.165, 1.54) is 0 Å². The molecule has 0 aromatic heterocycles. The second kappa shape index (κ2) is 9.25. The third-order valence-corrected chi connectivity index (χ3v) is 2.32. The molecule has 0 spiro atoms. The highest BCUT2D eigenvalue weighted by atomic mass is 127. The number of aliphatic imine (C=N–C) groups is 1. The molecule has 4 nitrogen and oxygen atoms in total.